The van der Waals surface area contributed by atoms with Crippen molar-refractivity contribution in [2.45, 2.75) is 24.9 Å². The maximum atomic E-state index is 11.7. The van der Waals surface area contributed by atoms with Gasteiger partial charge in [0.05, 0.1) is 19.0 Å². The molecule has 2 aromatic heterocycles. The first-order valence-corrected chi connectivity index (χ1v) is 6.74. The quantitative estimate of drug-likeness (QED) is 0.474. The van der Waals surface area contributed by atoms with Crippen LogP contribution in [0.1, 0.15) is 12.6 Å². The summed E-state index contributed by atoms with van der Waals surface area (Å²) < 4.78 is 7.58. The zero-order chi connectivity index (χ0) is 13.6. The van der Waals surface area contributed by atoms with E-state index in [0.29, 0.717) is 15.9 Å². The van der Waals surface area contributed by atoms with Gasteiger partial charge in [0, 0.05) is 6.42 Å². The van der Waals surface area contributed by atoms with Crippen molar-refractivity contribution in [2.24, 2.45) is 0 Å². The maximum Gasteiger partial charge on any atom is 0.279 e. The highest BCUT2D eigenvalue weighted by Crippen LogP contribution is 2.30. The fraction of sp³-hybridized carbons (Fsp3) is 0.500. The van der Waals surface area contributed by atoms with Crippen LogP contribution < -0.4 is 5.56 Å². The molecule has 0 aromatic carbocycles. The molecule has 0 radical (unpaired) electrons. The Morgan fingerprint density at radius 3 is 3.11 bits per heavy atom. The molecule has 0 aliphatic carbocycles. The van der Waals surface area contributed by atoms with E-state index in [2.05, 4.69) is 15.0 Å². The van der Waals surface area contributed by atoms with Crippen molar-refractivity contribution in [1.29, 1.82) is 0 Å². The summed E-state index contributed by atoms with van der Waals surface area (Å²) in [5.74, 6) is 0. The second-order valence-corrected chi connectivity index (χ2v) is 5.32. The average Bonchev–Trinajstić information content (AvgIpc) is 2.92. The van der Waals surface area contributed by atoms with E-state index in [1.807, 2.05) is 22.6 Å². The number of hydrogen-bond donors (Lipinski definition) is 3. The number of nitrogens with one attached hydrogen (secondary N) is 1. The first-order chi connectivity index (χ1) is 9.10. The van der Waals surface area contributed by atoms with Crippen LogP contribution in [0.2, 0.25) is 0 Å². The van der Waals surface area contributed by atoms with E-state index in [1.54, 1.807) is 4.57 Å². The molecule has 1 fully saturated rings. The lowest BCUT2D eigenvalue weighted by atomic mass is 10.2. The second kappa shape index (κ2) is 4.81. The Balaban J connectivity index is 2.05. The molecule has 19 heavy (non-hydrogen) atoms. The number of aromatic nitrogens is 4. The van der Waals surface area contributed by atoms with E-state index in [4.69, 9.17) is 9.84 Å². The fourth-order valence-corrected chi connectivity index (χ4v) is 2.63. The molecule has 3 rings (SSSR count). The molecule has 3 heterocycles. The number of hydrogen-bond acceptors (Lipinski definition) is 6. The van der Waals surface area contributed by atoms with Gasteiger partial charge in [-0.25, -0.2) is 9.97 Å². The minimum absolute atomic E-state index is 0.228. The van der Waals surface area contributed by atoms with Crippen LogP contribution in [-0.2, 0) is 4.74 Å². The number of fused-ring (bicyclic) bond motifs is 1. The summed E-state index contributed by atoms with van der Waals surface area (Å²) >= 11 is 1.91. The highest BCUT2D eigenvalue weighted by atomic mass is 127. The normalized spacial score (nSPS) is 27.2. The predicted molar refractivity (Wildman–Crippen MR) is 72.5 cm³/mol. The Hall–Kier alpha value is -1.04. The van der Waals surface area contributed by atoms with Crippen molar-refractivity contribution in [3.8, 4) is 0 Å². The van der Waals surface area contributed by atoms with Crippen LogP contribution in [0.5, 0.6) is 0 Å². The molecule has 0 saturated carbocycles. The second-order valence-electron chi connectivity index (χ2n) is 4.30. The summed E-state index contributed by atoms with van der Waals surface area (Å²) in [5, 5.41) is 18.8. The van der Waals surface area contributed by atoms with Gasteiger partial charge in [0.15, 0.2) is 15.0 Å². The van der Waals surface area contributed by atoms with Gasteiger partial charge in [-0.15, -0.1) is 0 Å². The van der Waals surface area contributed by atoms with Crippen molar-refractivity contribution in [3.63, 3.8) is 0 Å². The third kappa shape index (κ3) is 2.16. The van der Waals surface area contributed by atoms with E-state index in [1.165, 1.54) is 6.33 Å². The Bertz CT molecular complexity index is 669. The Kier molecular flexibility index (Phi) is 3.28. The minimum Gasteiger partial charge on any atom is -0.394 e. The van der Waals surface area contributed by atoms with Crippen molar-refractivity contribution in [1.82, 2.24) is 19.5 Å². The van der Waals surface area contributed by atoms with Gasteiger partial charge >= 0.3 is 0 Å². The zero-order valence-electron chi connectivity index (χ0n) is 9.65. The van der Waals surface area contributed by atoms with Crippen molar-refractivity contribution in [2.75, 3.05) is 6.61 Å². The fourth-order valence-electron chi connectivity index (χ4n) is 2.16. The highest BCUT2D eigenvalue weighted by molar-refractivity contribution is 14.1. The SMILES string of the molecule is O=c1[nH]c(I)nc2c1ncn2[C@@H]1C[C@@H](O)[C@H](CO)O1. The molecule has 102 valence electrons. The maximum absolute atomic E-state index is 11.7. The molecular weight excluding hydrogens is 367 g/mol. The van der Waals surface area contributed by atoms with E-state index in [9.17, 15) is 9.90 Å². The number of halogens is 1. The van der Waals surface area contributed by atoms with Crippen molar-refractivity contribution in [3.05, 3.63) is 20.5 Å². The highest BCUT2D eigenvalue weighted by Gasteiger charge is 2.35. The molecule has 3 atom stereocenters. The number of aromatic amines is 1. The van der Waals surface area contributed by atoms with E-state index < -0.39 is 18.4 Å². The standard InChI is InChI=1S/C10H11IN4O4/c11-10-13-8-7(9(18)14-10)12-3-15(8)6-1-4(17)5(2-16)19-6/h3-6,16-17H,1-2H2,(H,13,14,18)/t4-,5+,6+/m1/s1. The van der Waals surface area contributed by atoms with Gasteiger partial charge in [-0.3, -0.25) is 14.3 Å². The van der Waals surface area contributed by atoms with Crippen molar-refractivity contribution >= 4 is 33.8 Å². The van der Waals surface area contributed by atoms with Crippen LogP contribution in [0.25, 0.3) is 11.2 Å². The third-order valence-corrected chi connectivity index (χ3v) is 3.61. The number of ether oxygens (including phenoxy) is 1. The largest absolute Gasteiger partial charge is 0.394 e. The van der Waals surface area contributed by atoms with Gasteiger partial charge in [-0.2, -0.15) is 0 Å². The van der Waals surface area contributed by atoms with E-state index in [0.717, 1.165) is 0 Å². The van der Waals surface area contributed by atoms with E-state index >= 15 is 0 Å². The lowest BCUT2D eigenvalue weighted by molar-refractivity contribution is -0.0432. The molecule has 9 heteroatoms. The van der Waals surface area contributed by atoms with Gasteiger partial charge in [0.1, 0.15) is 12.3 Å². The summed E-state index contributed by atoms with van der Waals surface area (Å²) in [5.41, 5.74) is 0.320. The number of H-pyrrole nitrogens is 1. The molecule has 0 spiro atoms. The van der Waals surface area contributed by atoms with Crippen molar-refractivity contribution < 1.29 is 14.9 Å². The Labute approximate surface area is 120 Å². The molecule has 0 amide bonds. The topological polar surface area (TPSA) is 113 Å². The molecule has 0 unspecified atom stereocenters. The van der Waals surface area contributed by atoms with Crippen LogP contribution in [0.4, 0.5) is 0 Å². The smallest absolute Gasteiger partial charge is 0.279 e. The lowest BCUT2D eigenvalue weighted by Gasteiger charge is -2.13. The van der Waals surface area contributed by atoms with Gasteiger partial charge < -0.3 is 14.9 Å². The van der Waals surface area contributed by atoms with Crippen LogP contribution in [0.3, 0.4) is 0 Å². The Morgan fingerprint density at radius 1 is 1.63 bits per heavy atom. The molecular formula is C10H11IN4O4. The molecule has 1 aliphatic heterocycles. The molecule has 1 aliphatic rings. The lowest BCUT2D eigenvalue weighted by Crippen LogP contribution is -2.24. The van der Waals surface area contributed by atoms with Gasteiger partial charge in [0.2, 0.25) is 0 Å². The van der Waals surface area contributed by atoms with Gasteiger partial charge in [-0.05, 0) is 22.6 Å². The summed E-state index contributed by atoms with van der Waals surface area (Å²) in [7, 11) is 0. The number of aliphatic hydroxyl groups is 2. The third-order valence-electron chi connectivity index (χ3n) is 3.10. The number of aliphatic hydroxyl groups excluding tert-OH is 2. The number of imidazole rings is 1. The molecule has 8 nitrogen and oxygen atoms in total. The summed E-state index contributed by atoms with van der Waals surface area (Å²) in [6, 6.07) is 0. The first kappa shape index (κ1) is 13.0. The van der Waals surface area contributed by atoms with Crippen LogP contribution in [-0.4, -0.2) is 48.5 Å². The average molecular weight is 378 g/mol. The van der Waals surface area contributed by atoms with Crippen LogP contribution in [0, 0.1) is 3.83 Å². The number of rotatable bonds is 2. The molecule has 3 N–H and O–H groups in total. The summed E-state index contributed by atoms with van der Waals surface area (Å²) in [6.07, 6.45) is -0.0682. The van der Waals surface area contributed by atoms with Crippen LogP contribution >= 0.6 is 22.6 Å². The molecule has 2 aromatic rings. The Morgan fingerprint density at radius 2 is 2.42 bits per heavy atom. The summed E-state index contributed by atoms with van der Waals surface area (Å²) in [4.78, 5) is 22.5. The monoisotopic (exact) mass is 378 g/mol. The van der Waals surface area contributed by atoms with Gasteiger partial charge in [-0.1, -0.05) is 0 Å². The first-order valence-electron chi connectivity index (χ1n) is 5.67. The molecule has 1 saturated heterocycles. The zero-order valence-corrected chi connectivity index (χ0v) is 11.8. The molecule has 0 bridgehead atoms. The predicted octanol–water partition coefficient (Wildman–Crippen LogP) is -0.635. The van der Waals surface area contributed by atoms with Gasteiger partial charge in [0.25, 0.3) is 5.56 Å². The summed E-state index contributed by atoms with van der Waals surface area (Å²) in [6.45, 7) is -0.254. The van der Waals surface area contributed by atoms with E-state index in [-0.39, 0.29) is 17.7 Å². The minimum atomic E-state index is -0.742. The number of nitrogens with zero attached hydrogens (tertiary/aromatic N) is 3. The van der Waals surface area contributed by atoms with Crippen LogP contribution in [0.15, 0.2) is 11.1 Å².